The van der Waals surface area contributed by atoms with Crippen molar-refractivity contribution >= 4 is 18.0 Å². The molecule has 7 nitrogen and oxygen atoms in total. The molecule has 176 valence electrons. The standard InChI is InChI=1S/C27H28N2O5/c30-25(29-14-12-17(13-15-29)26(31)32)22-10-5-11-24(22)28-27(33)34-16-23-20-8-3-1-6-18(20)19-7-2-4-9-21(19)23/h1-4,6-9,12,22-24H,5,10-11,13-16H2,(H,28,33)(H,31,32). The zero-order chi connectivity index (χ0) is 23.7. The van der Waals surface area contributed by atoms with Gasteiger partial charge in [-0.15, -0.1) is 0 Å². The molecule has 3 aliphatic rings. The van der Waals surface area contributed by atoms with Crippen LogP contribution in [-0.4, -0.2) is 53.7 Å². The van der Waals surface area contributed by atoms with E-state index in [2.05, 4.69) is 29.6 Å². The Hall–Kier alpha value is -3.61. The third-order valence-corrected chi connectivity index (χ3v) is 7.28. The van der Waals surface area contributed by atoms with E-state index >= 15 is 0 Å². The van der Waals surface area contributed by atoms with E-state index in [9.17, 15) is 14.4 Å². The summed E-state index contributed by atoms with van der Waals surface area (Å²) < 4.78 is 5.67. The number of amides is 2. The lowest BCUT2D eigenvalue weighted by atomic mass is 9.98. The maximum Gasteiger partial charge on any atom is 0.407 e. The zero-order valence-electron chi connectivity index (χ0n) is 18.9. The van der Waals surface area contributed by atoms with E-state index in [1.807, 2.05) is 24.3 Å². The van der Waals surface area contributed by atoms with E-state index in [1.54, 1.807) is 11.0 Å². The van der Waals surface area contributed by atoms with Gasteiger partial charge in [-0.3, -0.25) is 4.79 Å². The van der Waals surface area contributed by atoms with Gasteiger partial charge in [0.15, 0.2) is 0 Å². The molecule has 0 bridgehead atoms. The lowest BCUT2D eigenvalue weighted by Gasteiger charge is -2.30. The number of carboxylic acids is 1. The Morgan fingerprint density at radius 3 is 2.29 bits per heavy atom. The van der Waals surface area contributed by atoms with E-state index in [-0.39, 0.29) is 30.4 Å². The van der Waals surface area contributed by atoms with E-state index in [1.165, 1.54) is 11.1 Å². The van der Waals surface area contributed by atoms with E-state index in [0.717, 1.165) is 24.0 Å². The zero-order valence-corrected chi connectivity index (χ0v) is 18.9. The van der Waals surface area contributed by atoms with Crippen LogP contribution in [0.4, 0.5) is 4.79 Å². The predicted molar refractivity (Wildman–Crippen MR) is 126 cm³/mol. The fourth-order valence-corrected chi connectivity index (χ4v) is 5.52. The number of rotatable bonds is 5. The molecule has 5 rings (SSSR count). The molecular weight excluding hydrogens is 432 g/mol. The maximum absolute atomic E-state index is 13.1. The number of nitrogens with one attached hydrogen (secondary N) is 1. The molecule has 2 aliphatic carbocycles. The number of nitrogens with zero attached hydrogens (tertiary/aromatic N) is 1. The van der Waals surface area contributed by atoms with Gasteiger partial charge in [-0.25, -0.2) is 9.59 Å². The van der Waals surface area contributed by atoms with Gasteiger partial charge in [0.05, 0.1) is 5.92 Å². The second-order valence-corrected chi connectivity index (χ2v) is 9.18. The highest BCUT2D eigenvalue weighted by Crippen LogP contribution is 2.44. The van der Waals surface area contributed by atoms with Crippen LogP contribution in [0, 0.1) is 5.92 Å². The molecule has 2 atom stereocenters. The topological polar surface area (TPSA) is 95.9 Å². The van der Waals surface area contributed by atoms with Gasteiger partial charge in [0.25, 0.3) is 0 Å². The third-order valence-electron chi connectivity index (χ3n) is 7.28. The minimum atomic E-state index is -0.928. The van der Waals surface area contributed by atoms with Crippen LogP contribution in [0.2, 0.25) is 0 Å². The molecule has 2 amide bonds. The van der Waals surface area contributed by atoms with Gasteiger partial charge in [0.1, 0.15) is 6.61 Å². The summed E-state index contributed by atoms with van der Waals surface area (Å²) in [7, 11) is 0. The van der Waals surface area contributed by atoms with Crippen molar-refractivity contribution in [3.63, 3.8) is 0 Å². The quantitative estimate of drug-likeness (QED) is 0.705. The van der Waals surface area contributed by atoms with Crippen molar-refractivity contribution in [2.75, 3.05) is 19.7 Å². The first kappa shape index (κ1) is 22.2. The number of aliphatic carboxylic acids is 1. The molecule has 0 saturated heterocycles. The Morgan fingerprint density at radius 2 is 1.68 bits per heavy atom. The average Bonchev–Trinajstić information content (AvgIpc) is 3.45. The van der Waals surface area contributed by atoms with Crippen molar-refractivity contribution in [3.8, 4) is 11.1 Å². The normalized spacial score (nSPS) is 21.4. The highest BCUT2D eigenvalue weighted by molar-refractivity contribution is 5.88. The Balaban J connectivity index is 1.20. The van der Waals surface area contributed by atoms with Crippen LogP contribution < -0.4 is 5.32 Å². The summed E-state index contributed by atoms with van der Waals surface area (Å²) in [6.07, 6.45) is 3.74. The van der Waals surface area contributed by atoms with Crippen molar-refractivity contribution in [3.05, 3.63) is 71.3 Å². The van der Waals surface area contributed by atoms with Crippen LogP contribution in [0.5, 0.6) is 0 Å². The SMILES string of the molecule is O=C(NC1CCCC1C(=O)N1CC=C(C(=O)O)CC1)OCC1c2ccccc2-c2ccccc21. The highest BCUT2D eigenvalue weighted by Gasteiger charge is 2.37. The van der Waals surface area contributed by atoms with Gasteiger partial charge < -0.3 is 20.1 Å². The Kier molecular flexibility index (Phi) is 6.09. The number of carboxylic acid groups (broad SMARTS) is 1. The second-order valence-electron chi connectivity index (χ2n) is 9.18. The number of ether oxygens (including phenoxy) is 1. The summed E-state index contributed by atoms with van der Waals surface area (Å²) in [6, 6.07) is 16.1. The van der Waals surface area contributed by atoms with E-state index in [0.29, 0.717) is 31.5 Å². The molecule has 2 aromatic carbocycles. The van der Waals surface area contributed by atoms with Crippen molar-refractivity contribution in [1.29, 1.82) is 0 Å². The molecule has 1 aliphatic heterocycles. The van der Waals surface area contributed by atoms with Crippen molar-refractivity contribution in [2.45, 2.75) is 37.6 Å². The minimum absolute atomic E-state index is 0.0114. The molecular formula is C27H28N2O5. The van der Waals surface area contributed by atoms with Crippen LogP contribution >= 0.6 is 0 Å². The number of carbonyl (C=O) groups excluding carboxylic acids is 2. The van der Waals surface area contributed by atoms with Crippen LogP contribution in [0.3, 0.4) is 0 Å². The maximum atomic E-state index is 13.1. The first-order chi connectivity index (χ1) is 16.5. The Labute approximate surface area is 198 Å². The summed E-state index contributed by atoms with van der Waals surface area (Å²) in [5.41, 5.74) is 5.02. The predicted octanol–water partition coefficient (Wildman–Crippen LogP) is 3.94. The largest absolute Gasteiger partial charge is 0.478 e. The average molecular weight is 461 g/mol. The van der Waals surface area contributed by atoms with Gasteiger partial charge >= 0.3 is 12.1 Å². The van der Waals surface area contributed by atoms with Crippen molar-refractivity contribution in [1.82, 2.24) is 10.2 Å². The lowest BCUT2D eigenvalue weighted by Crippen LogP contribution is -2.47. The summed E-state index contributed by atoms with van der Waals surface area (Å²) in [5, 5.41) is 12.0. The van der Waals surface area contributed by atoms with Gasteiger partial charge in [-0.05, 0) is 41.5 Å². The highest BCUT2D eigenvalue weighted by atomic mass is 16.5. The molecule has 1 heterocycles. The van der Waals surface area contributed by atoms with Crippen molar-refractivity contribution < 1.29 is 24.2 Å². The third kappa shape index (κ3) is 4.18. The van der Waals surface area contributed by atoms with E-state index in [4.69, 9.17) is 9.84 Å². The Morgan fingerprint density at radius 1 is 1.00 bits per heavy atom. The second kappa shape index (κ2) is 9.33. The minimum Gasteiger partial charge on any atom is -0.478 e. The fourth-order valence-electron chi connectivity index (χ4n) is 5.52. The molecule has 2 unspecified atom stereocenters. The number of alkyl carbamates (subject to hydrolysis) is 1. The number of carbonyl (C=O) groups is 3. The molecule has 0 aromatic heterocycles. The Bertz CT molecular complexity index is 1110. The van der Waals surface area contributed by atoms with Crippen LogP contribution in [0.15, 0.2) is 60.2 Å². The number of fused-ring (bicyclic) bond motifs is 3. The number of benzene rings is 2. The monoisotopic (exact) mass is 460 g/mol. The van der Waals surface area contributed by atoms with Gasteiger partial charge in [-0.2, -0.15) is 0 Å². The molecule has 2 N–H and O–H groups in total. The van der Waals surface area contributed by atoms with Gasteiger partial charge in [-0.1, -0.05) is 61.0 Å². The van der Waals surface area contributed by atoms with E-state index < -0.39 is 12.1 Å². The summed E-state index contributed by atoms with van der Waals surface area (Å²) >= 11 is 0. The molecule has 7 heteroatoms. The summed E-state index contributed by atoms with van der Waals surface area (Å²) in [4.78, 5) is 38.6. The molecule has 2 aromatic rings. The summed E-state index contributed by atoms with van der Waals surface area (Å²) in [5.74, 6) is -1.27. The van der Waals surface area contributed by atoms with Crippen molar-refractivity contribution in [2.24, 2.45) is 5.92 Å². The molecule has 1 fully saturated rings. The number of hydrogen-bond acceptors (Lipinski definition) is 4. The molecule has 1 saturated carbocycles. The van der Waals surface area contributed by atoms with Crippen LogP contribution in [-0.2, 0) is 14.3 Å². The fraction of sp³-hybridized carbons (Fsp3) is 0.370. The first-order valence-corrected chi connectivity index (χ1v) is 11.9. The smallest absolute Gasteiger partial charge is 0.407 e. The van der Waals surface area contributed by atoms with Gasteiger partial charge in [0, 0.05) is 30.6 Å². The van der Waals surface area contributed by atoms with Crippen LogP contribution in [0.1, 0.15) is 42.7 Å². The van der Waals surface area contributed by atoms with Crippen LogP contribution in [0.25, 0.3) is 11.1 Å². The summed E-state index contributed by atoms with van der Waals surface area (Å²) in [6.45, 7) is 0.930. The number of hydrogen-bond donors (Lipinski definition) is 2. The molecule has 34 heavy (non-hydrogen) atoms. The molecule has 0 radical (unpaired) electrons. The van der Waals surface area contributed by atoms with Gasteiger partial charge in [0.2, 0.25) is 5.91 Å². The first-order valence-electron chi connectivity index (χ1n) is 11.9. The lowest BCUT2D eigenvalue weighted by molar-refractivity contribution is -0.137. The molecule has 0 spiro atoms.